The highest BCUT2D eigenvalue weighted by molar-refractivity contribution is 6.06. The van der Waals surface area contributed by atoms with Crippen molar-refractivity contribution < 1.29 is 14.5 Å². The first-order valence-corrected chi connectivity index (χ1v) is 5.47. The molecule has 0 aliphatic carbocycles. The van der Waals surface area contributed by atoms with E-state index in [1.807, 2.05) is 0 Å². The number of nitro benzene ring substituents is 1. The highest BCUT2D eigenvalue weighted by Crippen LogP contribution is 2.36. The van der Waals surface area contributed by atoms with Gasteiger partial charge in [-0.05, 0) is 6.92 Å². The third-order valence-electron chi connectivity index (χ3n) is 3.21. The molecule has 0 aromatic heterocycles. The summed E-state index contributed by atoms with van der Waals surface area (Å²) in [5.41, 5.74) is 0.744. The average Bonchev–Trinajstić information content (AvgIpc) is 2.56. The third-order valence-corrected chi connectivity index (χ3v) is 3.21. The van der Waals surface area contributed by atoms with E-state index in [1.54, 1.807) is 25.1 Å². The van der Waals surface area contributed by atoms with E-state index in [-0.39, 0.29) is 23.9 Å². The number of hydrogen-bond acceptors (Lipinski definition) is 4. The molecule has 1 aliphatic heterocycles. The van der Waals surface area contributed by atoms with Gasteiger partial charge >= 0.3 is 0 Å². The summed E-state index contributed by atoms with van der Waals surface area (Å²) in [7, 11) is 1.40. The Bertz CT molecular complexity index is 553. The van der Waals surface area contributed by atoms with E-state index in [9.17, 15) is 19.7 Å². The van der Waals surface area contributed by atoms with Crippen LogP contribution >= 0.6 is 0 Å². The number of amides is 2. The average molecular weight is 248 g/mol. The van der Waals surface area contributed by atoms with Gasteiger partial charge in [0, 0.05) is 24.6 Å². The lowest BCUT2D eigenvalue weighted by Crippen LogP contribution is -2.25. The predicted octanol–water partition coefficient (Wildman–Crippen LogP) is 1.38. The maximum Gasteiger partial charge on any atom is 0.276 e. The van der Waals surface area contributed by atoms with Crippen LogP contribution in [0.1, 0.15) is 23.5 Å². The number of nitro groups is 1. The van der Waals surface area contributed by atoms with Crippen molar-refractivity contribution in [3.8, 4) is 0 Å². The Hall–Kier alpha value is -2.24. The third kappa shape index (κ3) is 1.75. The van der Waals surface area contributed by atoms with Gasteiger partial charge in [0.25, 0.3) is 5.69 Å². The number of likely N-dealkylation sites (tertiary alicyclic amines) is 1. The van der Waals surface area contributed by atoms with Crippen molar-refractivity contribution in [1.82, 2.24) is 4.90 Å². The van der Waals surface area contributed by atoms with Gasteiger partial charge in [-0.25, -0.2) is 0 Å². The fraction of sp³-hybridized carbons (Fsp3) is 0.333. The van der Waals surface area contributed by atoms with Crippen LogP contribution in [0.3, 0.4) is 0 Å². The minimum absolute atomic E-state index is 0.000370. The molecule has 1 fully saturated rings. The molecule has 0 spiro atoms. The molecule has 0 saturated carbocycles. The van der Waals surface area contributed by atoms with Crippen molar-refractivity contribution in [2.45, 2.75) is 19.3 Å². The van der Waals surface area contributed by atoms with Gasteiger partial charge in [0.1, 0.15) is 0 Å². The number of imide groups is 1. The molecule has 1 aromatic rings. The number of rotatable bonds is 2. The van der Waals surface area contributed by atoms with Gasteiger partial charge in [-0.3, -0.25) is 24.6 Å². The summed E-state index contributed by atoms with van der Waals surface area (Å²) in [5.74, 6) is -1.42. The molecule has 94 valence electrons. The smallest absolute Gasteiger partial charge is 0.276 e. The molecular weight excluding hydrogens is 236 g/mol. The molecule has 1 atom stereocenters. The Morgan fingerprint density at radius 1 is 1.39 bits per heavy atom. The zero-order valence-electron chi connectivity index (χ0n) is 10.0. The quantitative estimate of drug-likeness (QED) is 0.450. The molecule has 0 bridgehead atoms. The van der Waals surface area contributed by atoms with E-state index in [1.165, 1.54) is 7.05 Å². The largest absolute Gasteiger partial charge is 0.285 e. The standard InChI is InChI=1S/C12H12N2O4/c1-7-4-3-5-8(11(7)14(17)18)9-6-10(15)13(2)12(9)16/h3-5,9H,6H2,1-2H3. The van der Waals surface area contributed by atoms with Gasteiger partial charge in [0.05, 0.1) is 10.8 Å². The lowest BCUT2D eigenvalue weighted by atomic mass is 9.94. The molecule has 1 aromatic carbocycles. The summed E-state index contributed by atoms with van der Waals surface area (Å²) in [5, 5.41) is 11.1. The van der Waals surface area contributed by atoms with Gasteiger partial charge < -0.3 is 0 Å². The Labute approximate surface area is 103 Å². The van der Waals surface area contributed by atoms with Crippen LogP contribution in [-0.2, 0) is 9.59 Å². The first kappa shape index (κ1) is 12.2. The van der Waals surface area contributed by atoms with E-state index in [0.29, 0.717) is 11.1 Å². The first-order chi connectivity index (χ1) is 8.43. The zero-order valence-corrected chi connectivity index (χ0v) is 10.0. The van der Waals surface area contributed by atoms with Crippen molar-refractivity contribution in [2.24, 2.45) is 0 Å². The number of likely N-dealkylation sites (N-methyl/N-ethyl adjacent to an activating group) is 1. The molecule has 1 unspecified atom stereocenters. The van der Waals surface area contributed by atoms with E-state index < -0.39 is 10.8 Å². The number of nitrogens with zero attached hydrogens (tertiary/aromatic N) is 2. The molecule has 2 amide bonds. The minimum Gasteiger partial charge on any atom is -0.285 e. The highest BCUT2D eigenvalue weighted by Gasteiger charge is 2.40. The van der Waals surface area contributed by atoms with Gasteiger partial charge in [0.2, 0.25) is 11.8 Å². The first-order valence-electron chi connectivity index (χ1n) is 5.47. The molecule has 0 N–H and O–H groups in total. The number of hydrogen-bond donors (Lipinski definition) is 0. The monoisotopic (exact) mass is 248 g/mol. The zero-order chi connectivity index (χ0) is 13.4. The van der Waals surface area contributed by atoms with Gasteiger partial charge in [-0.2, -0.15) is 0 Å². The summed E-state index contributed by atoms with van der Waals surface area (Å²) in [6.45, 7) is 1.62. The second kappa shape index (κ2) is 4.21. The second-order valence-electron chi connectivity index (χ2n) is 4.32. The molecule has 1 heterocycles. The summed E-state index contributed by atoms with van der Waals surface area (Å²) in [6, 6.07) is 4.82. The van der Waals surface area contributed by atoms with Gasteiger partial charge in [0.15, 0.2) is 0 Å². The van der Waals surface area contributed by atoms with E-state index in [0.717, 1.165) is 4.90 Å². The summed E-state index contributed by atoms with van der Waals surface area (Å²) < 4.78 is 0. The number of para-hydroxylation sites is 1. The number of aryl methyl sites for hydroxylation is 1. The van der Waals surface area contributed by atoms with Crippen LogP contribution < -0.4 is 0 Å². The van der Waals surface area contributed by atoms with E-state index in [4.69, 9.17) is 0 Å². The Kier molecular flexibility index (Phi) is 2.86. The van der Waals surface area contributed by atoms with E-state index >= 15 is 0 Å². The normalized spacial score (nSPS) is 19.4. The molecule has 0 radical (unpaired) electrons. The summed E-state index contributed by atoms with van der Waals surface area (Å²) in [4.78, 5) is 34.9. The molecule has 6 nitrogen and oxygen atoms in total. The minimum atomic E-state index is -0.734. The van der Waals surface area contributed by atoms with Crippen LogP contribution in [0, 0.1) is 17.0 Å². The van der Waals surface area contributed by atoms with Gasteiger partial charge in [-0.15, -0.1) is 0 Å². The fourth-order valence-corrected chi connectivity index (χ4v) is 2.21. The lowest BCUT2D eigenvalue weighted by molar-refractivity contribution is -0.386. The topological polar surface area (TPSA) is 80.5 Å². The number of carbonyl (C=O) groups is 2. The Balaban J connectivity index is 2.53. The molecule has 1 saturated heterocycles. The van der Waals surface area contributed by atoms with Crippen molar-refractivity contribution >= 4 is 17.5 Å². The molecule has 18 heavy (non-hydrogen) atoms. The maximum atomic E-state index is 11.9. The van der Waals surface area contributed by atoms with Crippen LogP contribution in [0.2, 0.25) is 0 Å². The van der Waals surface area contributed by atoms with Crippen molar-refractivity contribution in [2.75, 3.05) is 7.05 Å². The Morgan fingerprint density at radius 2 is 2.06 bits per heavy atom. The van der Waals surface area contributed by atoms with Crippen LogP contribution in [0.15, 0.2) is 18.2 Å². The second-order valence-corrected chi connectivity index (χ2v) is 4.32. The number of benzene rings is 1. The Morgan fingerprint density at radius 3 is 2.56 bits per heavy atom. The maximum absolute atomic E-state index is 11.9. The van der Waals surface area contributed by atoms with Crippen molar-refractivity contribution in [1.29, 1.82) is 0 Å². The summed E-state index contributed by atoms with van der Waals surface area (Å²) >= 11 is 0. The van der Waals surface area contributed by atoms with Crippen LogP contribution in [0.25, 0.3) is 0 Å². The molecular formula is C12H12N2O4. The van der Waals surface area contributed by atoms with Crippen molar-refractivity contribution in [3.63, 3.8) is 0 Å². The van der Waals surface area contributed by atoms with E-state index in [2.05, 4.69) is 0 Å². The molecule has 1 aliphatic rings. The fourth-order valence-electron chi connectivity index (χ4n) is 2.21. The lowest BCUT2D eigenvalue weighted by Gasteiger charge is -2.10. The van der Waals surface area contributed by atoms with Crippen LogP contribution in [-0.4, -0.2) is 28.7 Å². The predicted molar refractivity (Wildman–Crippen MR) is 63.0 cm³/mol. The SMILES string of the molecule is Cc1cccc(C2CC(=O)N(C)C2=O)c1[N+](=O)[O-]. The van der Waals surface area contributed by atoms with Crippen molar-refractivity contribution in [3.05, 3.63) is 39.4 Å². The molecule has 6 heteroatoms. The van der Waals surface area contributed by atoms with Crippen LogP contribution in [0.4, 0.5) is 5.69 Å². The summed E-state index contributed by atoms with van der Waals surface area (Å²) in [6.07, 6.45) is -0.000370. The molecule has 2 rings (SSSR count). The highest BCUT2D eigenvalue weighted by atomic mass is 16.6. The van der Waals surface area contributed by atoms with Gasteiger partial charge in [-0.1, -0.05) is 18.2 Å². The van der Waals surface area contributed by atoms with Crippen LogP contribution in [0.5, 0.6) is 0 Å². The number of carbonyl (C=O) groups excluding carboxylic acids is 2.